The molecule has 0 aliphatic rings. The van der Waals surface area contributed by atoms with E-state index < -0.39 is 42.6 Å². The fraction of sp³-hybridized carbons (Fsp3) is 0.0714. The van der Waals surface area contributed by atoms with Gasteiger partial charge in [-0.25, -0.2) is 22.7 Å². The minimum Gasteiger partial charge on any atom is -0.340 e. The number of hydrogen-bond donors (Lipinski definition) is 1. The predicted molar refractivity (Wildman–Crippen MR) is 89.2 cm³/mol. The number of benzene rings is 2. The van der Waals surface area contributed by atoms with Gasteiger partial charge in [0.1, 0.15) is 5.82 Å². The molecule has 0 amide bonds. The minimum atomic E-state index is -4.85. The van der Waals surface area contributed by atoms with E-state index in [4.69, 9.17) is 11.6 Å². The third kappa shape index (κ3) is 5.23. The van der Waals surface area contributed by atoms with Gasteiger partial charge < -0.3 is 4.18 Å². The van der Waals surface area contributed by atoms with Gasteiger partial charge in [0.15, 0.2) is 0 Å². The lowest BCUT2D eigenvalue weighted by Gasteiger charge is -2.09. The molecule has 0 spiro atoms. The quantitative estimate of drug-likeness (QED) is 0.755. The maximum Gasteiger partial charge on any atom is 0.356 e. The maximum absolute atomic E-state index is 14.0. The molecule has 0 fully saturated rings. The van der Waals surface area contributed by atoms with Crippen molar-refractivity contribution in [1.29, 1.82) is 0 Å². The number of carbonyl (C=O) groups excluding carboxylic acids is 1. The van der Waals surface area contributed by atoms with Gasteiger partial charge in [0.25, 0.3) is 0 Å². The Labute approximate surface area is 148 Å². The van der Waals surface area contributed by atoms with Crippen LogP contribution in [0.5, 0.6) is 0 Å². The fourth-order valence-corrected chi connectivity index (χ4v) is 4.31. The number of nitrogens with two attached hydrogens (primary N) is 1. The van der Waals surface area contributed by atoms with Crippen LogP contribution in [-0.2, 0) is 24.3 Å². The largest absolute Gasteiger partial charge is 0.356 e. The Hall–Kier alpha value is -2.01. The van der Waals surface area contributed by atoms with E-state index in [1.807, 2.05) is 0 Å². The molecule has 134 valence electrons. The van der Waals surface area contributed by atoms with E-state index in [0.717, 1.165) is 12.1 Å². The molecule has 0 unspecified atom stereocenters. The zero-order chi connectivity index (χ0) is 18.8. The normalized spacial score (nSPS) is 12.0. The van der Waals surface area contributed by atoms with Gasteiger partial charge in [0, 0.05) is 5.56 Å². The molecule has 0 heterocycles. The molecule has 0 radical (unpaired) electrons. The van der Waals surface area contributed by atoms with Gasteiger partial charge >= 0.3 is 16.1 Å². The van der Waals surface area contributed by atoms with Crippen LogP contribution in [0.4, 0.5) is 4.39 Å². The summed E-state index contributed by atoms with van der Waals surface area (Å²) in [6, 6.07) is 10.2. The number of sulfonamides is 1. The van der Waals surface area contributed by atoms with Crippen molar-refractivity contribution in [3.63, 3.8) is 0 Å². The van der Waals surface area contributed by atoms with Crippen LogP contribution < -0.4 is 5.14 Å². The molecule has 0 aliphatic carbocycles. The third-order valence-electron chi connectivity index (χ3n) is 2.87. The number of primary sulfonamides is 1. The highest BCUT2D eigenvalue weighted by Gasteiger charge is 2.26. The fourth-order valence-electron chi connectivity index (χ4n) is 1.93. The van der Waals surface area contributed by atoms with E-state index in [9.17, 15) is 26.0 Å². The molecule has 2 aromatic carbocycles. The summed E-state index contributed by atoms with van der Waals surface area (Å²) in [4.78, 5) is 11.9. The molecule has 2 rings (SSSR count). The van der Waals surface area contributed by atoms with E-state index >= 15 is 0 Å². The van der Waals surface area contributed by atoms with Crippen LogP contribution in [0.15, 0.2) is 42.5 Å². The van der Waals surface area contributed by atoms with Crippen molar-refractivity contribution >= 4 is 37.7 Å². The highest BCUT2D eigenvalue weighted by atomic mass is 35.5. The van der Waals surface area contributed by atoms with Gasteiger partial charge in [-0.1, -0.05) is 41.9 Å². The first kappa shape index (κ1) is 19.3. The van der Waals surface area contributed by atoms with Crippen molar-refractivity contribution in [3.8, 4) is 11.1 Å². The molecule has 11 heteroatoms. The Morgan fingerprint density at radius 1 is 1.12 bits per heavy atom. The predicted octanol–water partition coefficient (Wildman–Crippen LogP) is 1.88. The SMILES string of the molecule is NS(=O)(=O)CS(=O)(=O)OC(=O)c1cc(-c2ccccc2)c(Cl)cc1F. The van der Waals surface area contributed by atoms with E-state index in [0.29, 0.717) is 5.56 Å². The second-order valence-electron chi connectivity index (χ2n) is 4.89. The summed E-state index contributed by atoms with van der Waals surface area (Å²) in [6.45, 7) is 0. The van der Waals surface area contributed by atoms with E-state index in [1.54, 1.807) is 30.3 Å². The van der Waals surface area contributed by atoms with Crippen molar-refractivity contribution < 1.29 is 30.2 Å². The summed E-state index contributed by atoms with van der Waals surface area (Å²) < 4.78 is 62.8. The lowest BCUT2D eigenvalue weighted by Crippen LogP contribution is -2.26. The van der Waals surface area contributed by atoms with Gasteiger partial charge in [-0.05, 0) is 17.7 Å². The first-order valence-electron chi connectivity index (χ1n) is 6.50. The molecule has 2 N–H and O–H groups in total. The third-order valence-corrected chi connectivity index (χ3v) is 6.06. The molecule has 0 aromatic heterocycles. The van der Waals surface area contributed by atoms with Crippen molar-refractivity contribution in [2.75, 3.05) is 5.08 Å². The first-order valence-corrected chi connectivity index (χ1v) is 10.2. The smallest absolute Gasteiger partial charge is 0.340 e. The van der Waals surface area contributed by atoms with Crippen LogP contribution in [0, 0.1) is 5.82 Å². The van der Waals surface area contributed by atoms with Gasteiger partial charge in [0.05, 0.1) is 10.6 Å². The minimum absolute atomic E-state index is 0.00681. The van der Waals surface area contributed by atoms with Crippen molar-refractivity contribution in [1.82, 2.24) is 0 Å². The van der Waals surface area contributed by atoms with E-state index in [2.05, 4.69) is 9.32 Å². The zero-order valence-corrected chi connectivity index (χ0v) is 14.7. The van der Waals surface area contributed by atoms with E-state index in [-0.39, 0.29) is 10.6 Å². The van der Waals surface area contributed by atoms with E-state index in [1.165, 1.54) is 0 Å². The first-order chi connectivity index (χ1) is 11.5. The molecule has 0 atom stereocenters. The van der Waals surface area contributed by atoms with Crippen molar-refractivity contribution in [3.05, 3.63) is 58.9 Å². The maximum atomic E-state index is 14.0. The standard InChI is InChI=1S/C14H11ClFNO6S2/c15-12-7-13(16)11(6-10(12)9-4-2-1-3-5-9)14(18)23-25(21,22)8-24(17,19)20/h1-7H,8H2,(H2,17,19,20). The lowest BCUT2D eigenvalue weighted by molar-refractivity contribution is 0.0743. The van der Waals surface area contributed by atoms with Crippen molar-refractivity contribution in [2.45, 2.75) is 0 Å². The van der Waals surface area contributed by atoms with Gasteiger partial charge in [-0.15, -0.1) is 0 Å². The summed E-state index contributed by atoms with van der Waals surface area (Å²) in [6.07, 6.45) is 0. The van der Waals surface area contributed by atoms with Crippen LogP contribution in [0.25, 0.3) is 11.1 Å². The summed E-state index contributed by atoms with van der Waals surface area (Å²) in [5.74, 6) is -2.71. The highest BCUT2D eigenvalue weighted by molar-refractivity contribution is 8.05. The van der Waals surface area contributed by atoms with Gasteiger partial charge in [0.2, 0.25) is 15.1 Å². The second-order valence-corrected chi connectivity index (χ2v) is 8.84. The molecular weight excluding hydrogens is 397 g/mol. The lowest BCUT2D eigenvalue weighted by atomic mass is 10.0. The van der Waals surface area contributed by atoms with Gasteiger partial charge in [-0.3, -0.25) is 0 Å². The Balaban J connectivity index is 2.41. The zero-order valence-electron chi connectivity index (χ0n) is 12.3. The number of halogens is 2. The number of rotatable bonds is 5. The van der Waals surface area contributed by atoms with Crippen LogP contribution in [-0.4, -0.2) is 27.9 Å². The topological polar surface area (TPSA) is 121 Å². The Bertz CT molecular complexity index is 1020. The summed E-state index contributed by atoms with van der Waals surface area (Å²) in [7, 11) is -9.31. The summed E-state index contributed by atoms with van der Waals surface area (Å²) >= 11 is 5.95. The second kappa shape index (κ2) is 7.08. The van der Waals surface area contributed by atoms with Crippen LogP contribution in [0.2, 0.25) is 5.02 Å². The van der Waals surface area contributed by atoms with Crippen molar-refractivity contribution in [2.24, 2.45) is 5.14 Å². The molecule has 2 aromatic rings. The van der Waals surface area contributed by atoms with Crippen LogP contribution >= 0.6 is 11.6 Å². The monoisotopic (exact) mass is 407 g/mol. The average Bonchev–Trinajstić information content (AvgIpc) is 2.44. The summed E-state index contributed by atoms with van der Waals surface area (Å²) in [5, 5.41) is 2.97. The Kier molecular flexibility index (Phi) is 5.47. The molecular formula is C14H11ClFNO6S2. The Morgan fingerprint density at radius 3 is 2.28 bits per heavy atom. The highest BCUT2D eigenvalue weighted by Crippen LogP contribution is 2.30. The molecule has 0 saturated heterocycles. The molecule has 25 heavy (non-hydrogen) atoms. The number of hydrogen-bond acceptors (Lipinski definition) is 6. The van der Waals surface area contributed by atoms with Gasteiger partial charge in [-0.2, -0.15) is 8.42 Å². The molecule has 7 nitrogen and oxygen atoms in total. The molecule has 0 saturated carbocycles. The summed E-state index contributed by atoms with van der Waals surface area (Å²) in [5.41, 5.74) is 0.0923. The van der Waals surface area contributed by atoms with Crippen LogP contribution in [0.3, 0.4) is 0 Å². The van der Waals surface area contributed by atoms with Crippen LogP contribution in [0.1, 0.15) is 10.4 Å². The average molecular weight is 408 g/mol. The molecule has 0 bridgehead atoms. The number of carbonyl (C=O) groups is 1. The molecule has 0 aliphatic heterocycles. The Morgan fingerprint density at radius 2 is 1.72 bits per heavy atom.